The highest BCUT2D eigenvalue weighted by Gasteiger charge is 2.42. The highest BCUT2D eigenvalue weighted by molar-refractivity contribution is 5.98. The summed E-state index contributed by atoms with van der Waals surface area (Å²) in [6.45, 7) is 4.58. The fraction of sp³-hybridized carbons (Fsp3) is 0.357. The number of hydrogen-bond acceptors (Lipinski definition) is 4. The Hall–Kier alpha value is -3.92. The second kappa shape index (κ2) is 10.6. The zero-order chi connectivity index (χ0) is 24.8. The molecule has 0 N–H and O–H groups in total. The smallest absolute Gasteiger partial charge is 0.298 e. The normalized spacial score (nSPS) is 17.1. The highest BCUT2D eigenvalue weighted by atomic mass is 16.6. The molecule has 0 aliphatic carbocycles. The van der Waals surface area contributed by atoms with Crippen molar-refractivity contribution in [3.63, 3.8) is 0 Å². The third-order valence-electron chi connectivity index (χ3n) is 7.00. The average Bonchev–Trinajstić information content (AvgIpc) is 3.30. The Morgan fingerprint density at radius 3 is 2.37 bits per heavy atom. The van der Waals surface area contributed by atoms with Crippen LogP contribution < -0.4 is 0 Å². The van der Waals surface area contributed by atoms with Crippen LogP contribution in [-0.2, 0) is 9.59 Å². The van der Waals surface area contributed by atoms with E-state index in [0.29, 0.717) is 43.7 Å². The van der Waals surface area contributed by atoms with Gasteiger partial charge in [-0.15, -0.1) is 0 Å². The van der Waals surface area contributed by atoms with Gasteiger partial charge in [0.05, 0.1) is 4.92 Å². The molecule has 2 aromatic carbocycles. The van der Waals surface area contributed by atoms with Crippen molar-refractivity contribution >= 4 is 23.6 Å². The lowest BCUT2D eigenvalue weighted by atomic mass is 9.78. The van der Waals surface area contributed by atoms with Crippen LogP contribution in [-0.4, -0.2) is 52.7 Å². The maximum atomic E-state index is 13.3. The number of amides is 2. The zero-order valence-corrected chi connectivity index (χ0v) is 19.9. The number of carbonyl (C=O) groups is 2. The second-order valence-corrected chi connectivity index (χ2v) is 9.26. The van der Waals surface area contributed by atoms with Gasteiger partial charge in [-0.25, -0.2) is 0 Å². The Morgan fingerprint density at radius 1 is 1.03 bits per heavy atom. The zero-order valence-electron chi connectivity index (χ0n) is 19.9. The summed E-state index contributed by atoms with van der Waals surface area (Å²) in [5, 5.41) is 11.1. The van der Waals surface area contributed by atoms with E-state index in [4.69, 9.17) is 0 Å². The SMILES string of the molecule is CC/C(=C/c1cccc([N+](=O)[O-])c1)C(=O)N1CCC2(CCN(C(=O)C#Cc3ccccc3)CC2)C1. The molecule has 0 saturated carbocycles. The molecule has 2 heterocycles. The largest absolute Gasteiger partial charge is 0.338 e. The van der Waals surface area contributed by atoms with E-state index in [-0.39, 0.29) is 22.9 Å². The summed E-state index contributed by atoms with van der Waals surface area (Å²) in [6, 6.07) is 15.8. The van der Waals surface area contributed by atoms with E-state index >= 15 is 0 Å². The van der Waals surface area contributed by atoms with Crippen molar-refractivity contribution in [2.24, 2.45) is 5.41 Å². The Balaban J connectivity index is 1.36. The second-order valence-electron chi connectivity index (χ2n) is 9.26. The quantitative estimate of drug-likeness (QED) is 0.288. The van der Waals surface area contributed by atoms with Crippen molar-refractivity contribution in [1.29, 1.82) is 0 Å². The monoisotopic (exact) mass is 471 g/mol. The van der Waals surface area contributed by atoms with Gasteiger partial charge in [0.25, 0.3) is 11.6 Å². The maximum absolute atomic E-state index is 13.3. The van der Waals surface area contributed by atoms with Crippen LogP contribution in [0.25, 0.3) is 6.08 Å². The Labute approximate surface area is 205 Å². The molecule has 180 valence electrons. The number of piperidine rings is 1. The van der Waals surface area contributed by atoms with Gasteiger partial charge in [0.15, 0.2) is 0 Å². The van der Waals surface area contributed by atoms with E-state index in [1.807, 2.05) is 47.1 Å². The molecule has 0 bridgehead atoms. The Kier molecular flexibility index (Phi) is 7.31. The minimum atomic E-state index is -0.431. The van der Waals surface area contributed by atoms with E-state index < -0.39 is 4.92 Å². The lowest BCUT2D eigenvalue weighted by molar-refractivity contribution is -0.384. The summed E-state index contributed by atoms with van der Waals surface area (Å²) in [6.07, 6.45) is 4.93. The van der Waals surface area contributed by atoms with Gasteiger partial charge in [-0.3, -0.25) is 19.7 Å². The number of non-ortho nitro benzene ring substituents is 1. The number of rotatable bonds is 4. The first-order valence-electron chi connectivity index (χ1n) is 12.0. The van der Waals surface area contributed by atoms with Gasteiger partial charge >= 0.3 is 0 Å². The summed E-state index contributed by atoms with van der Waals surface area (Å²) in [4.78, 5) is 40.2. The molecule has 2 amide bonds. The van der Waals surface area contributed by atoms with Crippen LogP contribution >= 0.6 is 0 Å². The third kappa shape index (κ3) is 5.78. The Morgan fingerprint density at radius 2 is 1.71 bits per heavy atom. The minimum Gasteiger partial charge on any atom is -0.338 e. The van der Waals surface area contributed by atoms with Crippen molar-refractivity contribution in [2.75, 3.05) is 26.2 Å². The van der Waals surface area contributed by atoms with Crippen LogP contribution in [0.3, 0.4) is 0 Å². The topological polar surface area (TPSA) is 83.8 Å². The molecular weight excluding hydrogens is 442 g/mol. The summed E-state index contributed by atoms with van der Waals surface area (Å²) in [5.74, 6) is 5.53. The lowest BCUT2D eigenvalue weighted by Gasteiger charge is -2.38. The van der Waals surface area contributed by atoms with Crippen LogP contribution in [0.5, 0.6) is 0 Å². The van der Waals surface area contributed by atoms with Crippen LogP contribution in [0.2, 0.25) is 0 Å². The van der Waals surface area contributed by atoms with E-state index in [2.05, 4.69) is 11.8 Å². The summed E-state index contributed by atoms with van der Waals surface area (Å²) in [5.41, 5.74) is 2.16. The van der Waals surface area contributed by atoms with Crippen molar-refractivity contribution < 1.29 is 14.5 Å². The molecule has 2 aromatic rings. The number of likely N-dealkylation sites (tertiary alicyclic amines) is 2. The maximum Gasteiger partial charge on any atom is 0.298 e. The first-order valence-corrected chi connectivity index (χ1v) is 12.0. The molecule has 0 atom stereocenters. The van der Waals surface area contributed by atoms with E-state index in [9.17, 15) is 19.7 Å². The molecule has 2 fully saturated rings. The van der Waals surface area contributed by atoms with Crippen LogP contribution in [0, 0.1) is 27.4 Å². The molecular formula is C28H29N3O4. The first kappa shape index (κ1) is 24.2. The number of benzene rings is 2. The number of hydrogen-bond donors (Lipinski definition) is 0. The fourth-order valence-electron chi connectivity index (χ4n) is 4.87. The van der Waals surface area contributed by atoms with E-state index in [0.717, 1.165) is 24.8 Å². The molecule has 2 saturated heterocycles. The number of nitro benzene ring substituents is 1. The van der Waals surface area contributed by atoms with Gasteiger partial charge in [-0.05, 0) is 54.9 Å². The summed E-state index contributed by atoms with van der Waals surface area (Å²) >= 11 is 0. The van der Waals surface area contributed by atoms with Crippen LogP contribution in [0.1, 0.15) is 43.7 Å². The van der Waals surface area contributed by atoms with Crippen molar-refractivity contribution in [3.05, 3.63) is 81.4 Å². The molecule has 0 unspecified atom stereocenters. The fourth-order valence-corrected chi connectivity index (χ4v) is 4.87. The number of carbonyl (C=O) groups excluding carboxylic acids is 2. The molecule has 2 aliphatic heterocycles. The molecule has 4 rings (SSSR count). The van der Waals surface area contributed by atoms with Crippen molar-refractivity contribution in [3.8, 4) is 11.8 Å². The molecule has 0 aromatic heterocycles. The minimum absolute atomic E-state index is 0.0107. The Bertz CT molecular complexity index is 1200. The van der Waals surface area contributed by atoms with E-state index in [1.54, 1.807) is 18.2 Å². The standard InChI is InChI=1S/C28H29N3O4/c1-2-24(19-23-9-6-10-25(20-23)31(34)35)27(33)30-18-15-28(21-30)13-16-29(17-14-28)26(32)12-11-22-7-4-3-5-8-22/h3-10,19-20H,2,13-18,21H2,1H3/b24-19-. The van der Waals surface area contributed by atoms with Crippen LogP contribution in [0.15, 0.2) is 60.2 Å². The van der Waals surface area contributed by atoms with E-state index in [1.165, 1.54) is 12.1 Å². The molecule has 0 radical (unpaired) electrons. The van der Waals surface area contributed by atoms with Gasteiger partial charge in [-0.1, -0.05) is 43.2 Å². The molecule has 7 nitrogen and oxygen atoms in total. The van der Waals surface area contributed by atoms with Gasteiger partial charge in [0, 0.05) is 55.4 Å². The molecule has 35 heavy (non-hydrogen) atoms. The van der Waals surface area contributed by atoms with Crippen LogP contribution in [0.4, 0.5) is 5.69 Å². The molecule has 1 spiro atoms. The van der Waals surface area contributed by atoms with Gasteiger partial charge in [0.2, 0.25) is 5.91 Å². The van der Waals surface area contributed by atoms with Crippen molar-refractivity contribution in [2.45, 2.75) is 32.6 Å². The summed E-state index contributed by atoms with van der Waals surface area (Å²) in [7, 11) is 0. The lowest BCUT2D eigenvalue weighted by Crippen LogP contribution is -2.44. The van der Waals surface area contributed by atoms with Gasteiger partial charge < -0.3 is 9.80 Å². The average molecular weight is 472 g/mol. The predicted molar refractivity (Wildman–Crippen MR) is 134 cm³/mol. The molecule has 7 heteroatoms. The predicted octanol–water partition coefficient (Wildman–Crippen LogP) is 4.28. The summed E-state index contributed by atoms with van der Waals surface area (Å²) < 4.78 is 0. The van der Waals surface area contributed by atoms with Gasteiger partial charge in [0.1, 0.15) is 0 Å². The van der Waals surface area contributed by atoms with Crippen molar-refractivity contribution in [1.82, 2.24) is 9.80 Å². The van der Waals surface area contributed by atoms with Gasteiger partial charge in [-0.2, -0.15) is 0 Å². The number of nitrogens with zero attached hydrogens (tertiary/aromatic N) is 3. The molecule has 2 aliphatic rings. The highest BCUT2D eigenvalue weighted by Crippen LogP contribution is 2.41. The third-order valence-corrected chi connectivity index (χ3v) is 7.00. The number of nitro groups is 1. The first-order chi connectivity index (χ1) is 16.9.